The SMILES string of the molecule is CCc1ccc2cc(OCC(=O)c3cn(CCS(N)(=O)=O)c4cc(F)ccc34)c(C(N)=O)cc2c1. The zero-order valence-electron chi connectivity index (χ0n) is 19.0. The van der Waals surface area contributed by atoms with Crippen molar-refractivity contribution in [1.29, 1.82) is 0 Å². The number of primary sulfonamides is 1. The molecule has 0 bridgehead atoms. The van der Waals surface area contributed by atoms with E-state index < -0.39 is 34.1 Å². The zero-order valence-corrected chi connectivity index (χ0v) is 19.8. The van der Waals surface area contributed by atoms with E-state index in [-0.39, 0.29) is 29.2 Å². The molecule has 0 saturated heterocycles. The molecule has 8 nitrogen and oxygen atoms in total. The van der Waals surface area contributed by atoms with Crippen molar-refractivity contribution in [2.45, 2.75) is 19.9 Å². The minimum Gasteiger partial charge on any atom is -0.485 e. The van der Waals surface area contributed by atoms with Gasteiger partial charge in [0.05, 0.1) is 16.8 Å². The Labute approximate surface area is 201 Å². The smallest absolute Gasteiger partial charge is 0.252 e. The third kappa shape index (κ3) is 5.33. The average molecular weight is 498 g/mol. The Morgan fingerprint density at radius 2 is 1.80 bits per heavy atom. The fraction of sp³-hybridized carbons (Fsp3) is 0.200. The van der Waals surface area contributed by atoms with Gasteiger partial charge in [-0.25, -0.2) is 17.9 Å². The standard InChI is InChI=1S/C25H24FN3O5S/c1-2-15-3-4-16-11-24(20(25(27)31)10-17(16)9-15)34-14-23(30)21-13-29(7-8-35(28,32)33)22-12-18(26)5-6-19(21)22/h3-6,9-13H,2,7-8,14H2,1H3,(H2,27,31)(H2,28,32,33). The lowest BCUT2D eigenvalue weighted by atomic mass is 10.0. The van der Waals surface area contributed by atoms with Gasteiger partial charge in [-0.3, -0.25) is 9.59 Å². The number of nitrogens with two attached hydrogens (primary N) is 2. The van der Waals surface area contributed by atoms with E-state index in [2.05, 4.69) is 0 Å². The molecule has 0 fully saturated rings. The number of carbonyl (C=O) groups is 2. The number of Topliss-reactive ketones (excluding diaryl/α,β-unsaturated/α-hetero) is 1. The van der Waals surface area contributed by atoms with E-state index >= 15 is 0 Å². The van der Waals surface area contributed by atoms with Gasteiger partial charge in [0.2, 0.25) is 15.8 Å². The summed E-state index contributed by atoms with van der Waals surface area (Å²) in [4.78, 5) is 25.1. The van der Waals surface area contributed by atoms with E-state index in [1.165, 1.54) is 29.0 Å². The average Bonchev–Trinajstić information content (AvgIpc) is 3.17. The van der Waals surface area contributed by atoms with Crippen LogP contribution in [-0.4, -0.2) is 37.0 Å². The Hall–Kier alpha value is -3.76. The van der Waals surface area contributed by atoms with Crippen LogP contribution < -0.4 is 15.6 Å². The molecule has 35 heavy (non-hydrogen) atoms. The quantitative estimate of drug-likeness (QED) is 0.343. The molecule has 10 heteroatoms. The molecule has 1 amide bonds. The van der Waals surface area contributed by atoms with Crippen LogP contribution in [0.3, 0.4) is 0 Å². The van der Waals surface area contributed by atoms with E-state index in [0.29, 0.717) is 10.9 Å². The van der Waals surface area contributed by atoms with E-state index in [1.807, 2.05) is 25.1 Å². The van der Waals surface area contributed by atoms with Crippen molar-refractivity contribution in [2.24, 2.45) is 10.9 Å². The number of nitrogens with zero attached hydrogens (tertiary/aromatic N) is 1. The van der Waals surface area contributed by atoms with Gasteiger partial charge in [0.1, 0.15) is 11.6 Å². The summed E-state index contributed by atoms with van der Waals surface area (Å²) in [6.45, 7) is 1.56. The van der Waals surface area contributed by atoms with E-state index in [4.69, 9.17) is 15.6 Å². The summed E-state index contributed by atoms with van der Waals surface area (Å²) in [5.74, 6) is -1.86. The summed E-state index contributed by atoms with van der Waals surface area (Å²) in [7, 11) is -3.76. The lowest BCUT2D eigenvalue weighted by molar-refractivity contribution is 0.0913. The Morgan fingerprint density at radius 3 is 2.49 bits per heavy atom. The van der Waals surface area contributed by atoms with Crippen LogP contribution in [0.2, 0.25) is 0 Å². The number of sulfonamides is 1. The van der Waals surface area contributed by atoms with Crippen LogP contribution in [0.4, 0.5) is 4.39 Å². The molecule has 0 saturated carbocycles. The number of ether oxygens (including phenoxy) is 1. The second-order valence-corrected chi connectivity index (χ2v) is 9.96. The van der Waals surface area contributed by atoms with Crippen molar-refractivity contribution in [1.82, 2.24) is 4.57 Å². The van der Waals surface area contributed by atoms with Crippen LogP contribution in [0.25, 0.3) is 21.7 Å². The van der Waals surface area contributed by atoms with E-state index in [1.54, 1.807) is 12.1 Å². The van der Waals surface area contributed by atoms with Gasteiger partial charge in [0, 0.05) is 23.7 Å². The third-order valence-electron chi connectivity index (χ3n) is 5.80. The highest BCUT2D eigenvalue weighted by Crippen LogP contribution is 2.28. The second kappa shape index (κ2) is 9.47. The van der Waals surface area contributed by atoms with Crippen LogP contribution >= 0.6 is 0 Å². The van der Waals surface area contributed by atoms with Gasteiger partial charge in [0.15, 0.2) is 6.61 Å². The van der Waals surface area contributed by atoms with Crippen molar-refractivity contribution in [3.8, 4) is 5.75 Å². The molecule has 182 valence electrons. The van der Waals surface area contributed by atoms with Crippen LogP contribution in [0.1, 0.15) is 33.2 Å². The number of amides is 1. The highest BCUT2D eigenvalue weighted by molar-refractivity contribution is 7.89. The Kier molecular flexibility index (Phi) is 6.60. The number of rotatable bonds is 9. The normalized spacial score (nSPS) is 11.7. The minimum absolute atomic E-state index is 0.0524. The molecule has 1 aromatic heterocycles. The Morgan fingerprint density at radius 1 is 1.03 bits per heavy atom. The number of ketones is 1. The largest absolute Gasteiger partial charge is 0.485 e. The summed E-state index contributed by atoms with van der Waals surface area (Å²) in [6.07, 6.45) is 2.28. The summed E-state index contributed by atoms with van der Waals surface area (Å²) in [6, 6.07) is 13.0. The number of halogens is 1. The number of hydrogen-bond acceptors (Lipinski definition) is 5. The van der Waals surface area contributed by atoms with E-state index in [0.717, 1.165) is 22.8 Å². The molecular formula is C25H24FN3O5S. The number of benzene rings is 3. The third-order valence-corrected chi connectivity index (χ3v) is 6.55. The number of primary amides is 1. The minimum atomic E-state index is -3.76. The number of carbonyl (C=O) groups excluding carboxylic acids is 2. The van der Waals surface area contributed by atoms with Crippen LogP contribution in [0.15, 0.2) is 54.7 Å². The van der Waals surface area contributed by atoms with Crippen LogP contribution in [0, 0.1) is 5.82 Å². The number of hydrogen-bond donors (Lipinski definition) is 2. The van der Waals surface area contributed by atoms with Gasteiger partial charge < -0.3 is 15.0 Å². The van der Waals surface area contributed by atoms with Crippen molar-refractivity contribution < 1.29 is 27.1 Å². The molecule has 0 aliphatic carbocycles. The molecular weight excluding hydrogens is 473 g/mol. The molecule has 4 N–H and O–H groups in total. The summed E-state index contributed by atoms with van der Waals surface area (Å²) >= 11 is 0. The maximum Gasteiger partial charge on any atom is 0.252 e. The first-order valence-corrected chi connectivity index (χ1v) is 12.6. The fourth-order valence-corrected chi connectivity index (χ4v) is 4.43. The number of aromatic nitrogens is 1. The zero-order chi connectivity index (χ0) is 25.3. The van der Waals surface area contributed by atoms with Crippen LogP contribution in [0.5, 0.6) is 5.75 Å². The van der Waals surface area contributed by atoms with Gasteiger partial charge in [-0.1, -0.05) is 25.1 Å². The molecule has 0 unspecified atom stereocenters. The maximum atomic E-state index is 13.9. The van der Waals surface area contributed by atoms with Gasteiger partial charge in [-0.05, 0) is 53.1 Å². The van der Waals surface area contributed by atoms with Crippen molar-refractivity contribution >= 4 is 43.4 Å². The first-order chi connectivity index (χ1) is 16.6. The van der Waals surface area contributed by atoms with E-state index in [9.17, 15) is 22.4 Å². The molecule has 0 spiro atoms. The van der Waals surface area contributed by atoms with Gasteiger partial charge >= 0.3 is 0 Å². The lowest BCUT2D eigenvalue weighted by Gasteiger charge is -2.11. The highest BCUT2D eigenvalue weighted by atomic mass is 32.2. The first-order valence-electron chi connectivity index (χ1n) is 10.9. The molecule has 4 aromatic rings. The molecule has 0 atom stereocenters. The van der Waals surface area contributed by atoms with Gasteiger partial charge in [-0.15, -0.1) is 0 Å². The molecule has 0 aliphatic heterocycles. The predicted molar refractivity (Wildman–Crippen MR) is 132 cm³/mol. The van der Waals surface area contributed by atoms with Gasteiger partial charge in [-0.2, -0.15) is 0 Å². The maximum absolute atomic E-state index is 13.9. The summed E-state index contributed by atoms with van der Waals surface area (Å²) in [5.41, 5.74) is 7.38. The molecule has 1 heterocycles. The van der Waals surface area contributed by atoms with Crippen molar-refractivity contribution in [2.75, 3.05) is 12.4 Å². The molecule has 0 aliphatic rings. The number of fused-ring (bicyclic) bond motifs is 2. The summed E-state index contributed by atoms with van der Waals surface area (Å²) < 4.78 is 43.8. The van der Waals surface area contributed by atoms with Crippen LogP contribution in [-0.2, 0) is 23.0 Å². The molecule has 0 radical (unpaired) electrons. The monoisotopic (exact) mass is 497 g/mol. The Bertz CT molecular complexity index is 1580. The predicted octanol–water partition coefficient (Wildman–Crippen LogP) is 3.15. The molecule has 4 rings (SSSR count). The fourth-order valence-electron chi connectivity index (χ4n) is 3.98. The van der Waals surface area contributed by atoms with Crippen molar-refractivity contribution in [3.63, 3.8) is 0 Å². The number of aryl methyl sites for hydroxylation is 2. The van der Waals surface area contributed by atoms with Crippen molar-refractivity contribution in [3.05, 3.63) is 77.2 Å². The summed E-state index contributed by atoms with van der Waals surface area (Å²) in [5, 5.41) is 7.18. The highest BCUT2D eigenvalue weighted by Gasteiger charge is 2.19. The lowest BCUT2D eigenvalue weighted by Crippen LogP contribution is -2.20. The van der Waals surface area contributed by atoms with Gasteiger partial charge in [0.25, 0.3) is 5.91 Å². The topological polar surface area (TPSA) is 134 Å². The Balaban J connectivity index is 1.65. The molecule has 3 aromatic carbocycles. The second-order valence-electron chi connectivity index (χ2n) is 8.22. The first kappa shape index (κ1) is 24.4.